The fraction of sp³-hybridized carbons (Fsp3) is 0.462. The van der Waals surface area contributed by atoms with Crippen molar-refractivity contribution in [3.05, 3.63) is 35.4 Å². The Kier molecular flexibility index (Phi) is 3.57. The highest BCUT2D eigenvalue weighted by molar-refractivity contribution is 5.91. The third-order valence-electron chi connectivity index (χ3n) is 3.05. The number of piperidine rings is 1. The molecule has 1 fully saturated rings. The van der Waals surface area contributed by atoms with Gasteiger partial charge >= 0.3 is 5.97 Å². The lowest BCUT2D eigenvalue weighted by Gasteiger charge is -2.25. The molecule has 1 atom stereocenters. The molecule has 0 bridgehead atoms. The van der Waals surface area contributed by atoms with Crippen molar-refractivity contribution in [3.63, 3.8) is 0 Å². The molecule has 1 aromatic rings. The molecule has 1 heterocycles. The SMILES string of the molecule is COC(=O)c1ccccc1[C@H]1CCCCN1. The van der Waals surface area contributed by atoms with E-state index in [4.69, 9.17) is 4.74 Å². The molecule has 0 saturated carbocycles. The predicted octanol–water partition coefficient (Wildman–Crippen LogP) is 2.29. The first-order chi connectivity index (χ1) is 7.83. The minimum absolute atomic E-state index is 0.247. The van der Waals surface area contributed by atoms with Crippen molar-refractivity contribution in [1.82, 2.24) is 5.32 Å². The van der Waals surface area contributed by atoms with Gasteiger partial charge < -0.3 is 10.1 Å². The molecule has 16 heavy (non-hydrogen) atoms. The van der Waals surface area contributed by atoms with E-state index < -0.39 is 0 Å². The van der Waals surface area contributed by atoms with Crippen molar-refractivity contribution >= 4 is 5.97 Å². The summed E-state index contributed by atoms with van der Waals surface area (Å²) in [7, 11) is 1.42. The number of carbonyl (C=O) groups excluding carboxylic acids is 1. The molecule has 1 N–H and O–H groups in total. The highest BCUT2D eigenvalue weighted by Crippen LogP contribution is 2.26. The number of rotatable bonds is 2. The van der Waals surface area contributed by atoms with Gasteiger partial charge in [-0.05, 0) is 31.0 Å². The van der Waals surface area contributed by atoms with Crippen molar-refractivity contribution in [2.45, 2.75) is 25.3 Å². The van der Waals surface area contributed by atoms with Crippen LogP contribution < -0.4 is 5.32 Å². The lowest BCUT2D eigenvalue weighted by atomic mass is 9.94. The lowest BCUT2D eigenvalue weighted by molar-refractivity contribution is 0.0598. The molecule has 1 saturated heterocycles. The number of hydrogen-bond acceptors (Lipinski definition) is 3. The topological polar surface area (TPSA) is 38.3 Å². The highest BCUT2D eigenvalue weighted by atomic mass is 16.5. The van der Waals surface area contributed by atoms with E-state index in [9.17, 15) is 4.79 Å². The van der Waals surface area contributed by atoms with Gasteiger partial charge in [-0.1, -0.05) is 24.6 Å². The van der Waals surface area contributed by atoms with E-state index in [0.29, 0.717) is 11.6 Å². The summed E-state index contributed by atoms with van der Waals surface area (Å²) in [4.78, 5) is 11.6. The summed E-state index contributed by atoms with van der Waals surface area (Å²) in [5, 5.41) is 3.45. The molecule has 2 rings (SSSR count). The Morgan fingerprint density at radius 1 is 1.38 bits per heavy atom. The minimum atomic E-state index is -0.247. The van der Waals surface area contributed by atoms with Crippen molar-refractivity contribution in [2.75, 3.05) is 13.7 Å². The zero-order valence-corrected chi connectivity index (χ0v) is 9.53. The molecular formula is C13H17NO2. The number of benzene rings is 1. The summed E-state index contributed by atoms with van der Waals surface area (Å²) in [6, 6.07) is 7.98. The van der Waals surface area contributed by atoms with Gasteiger partial charge in [0, 0.05) is 6.04 Å². The smallest absolute Gasteiger partial charge is 0.338 e. The van der Waals surface area contributed by atoms with Crippen LogP contribution in [0.3, 0.4) is 0 Å². The van der Waals surface area contributed by atoms with E-state index in [1.165, 1.54) is 20.0 Å². The van der Waals surface area contributed by atoms with Crippen molar-refractivity contribution in [1.29, 1.82) is 0 Å². The van der Waals surface area contributed by atoms with Crippen LogP contribution in [-0.2, 0) is 4.74 Å². The molecule has 1 aliphatic rings. The highest BCUT2D eigenvalue weighted by Gasteiger charge is 2.20. The Morgan fingerprint density at radius 2 is 2.19 bits per heavy atom. The fourth-order valence-corrected chi connectivity index (χ4v) is 2.21. The van der Waals surface area contributed by atoms with Gasteiger partial charge in [0.25, 0.3) is 0 Å². The van der Waals surface area contributed by atoms with E-state index in [-0.39, 0.29) is 5.97 Å². The molecule has 1 aromatic carbocycles. The summed E-state index contributed by atoms with van der Waals surface area (Å²) in [6.45, 7) is 1.03. The second-order valence-electron chi connectivity index (χ2n) is 4.08. The van der Waals surface area contributed by atoms with Crippen LogP contribution in [0.2, 0.25) is 0 Å². The molecule has 0 radical (unpaired) electrons. The van der Waals surface area contributed by atoms with Crippen LogP contribution in [0.5, 0.6) is 0 Å². The maximum absolute atomic E-state index is 11.6. The van der Waals surface area contributed by atoms with Crippen molar-refractivity contribution < 1.29 is 9.53 Å². The first-order valence-electron chi connectivity index (χ1n) is 5.73. The third-order valence-corrected chi connectivity index (χ3v) is 3.05. The number of nitrogens with one attached hydrogen (secondary N) is 1. The van der Waals surface area contributed by atoms with Crippen LogP contribution in [-0.4, -0.2) is 19.6 Å². The first kappa shape index (κ1) is 11.1. The van der Waals surface area contributed by atoms with Gasteiger partial charge in [-0.15, -0.1) is 0 Å². The maximum atomic E-state index is 11.6. The summed E-state index contributed by atoms with van der Waals surface area (Å²) < 4.78 is 4.80. The van der Waals surface area contributed by atoms with Crippen LogP contribution >= 0.6 is 0 Å². The monoisotopic (exact) mass is 219 g/mol. The normalized spacial score (nSPS) is 20.4. The van der Waals surface area contributed by atoms with E-state index in [0.717, 1.165) is 18.5 Å². The van der Waals surface area contributed by atoms with Crippen LogP contribution in [0, 0.1) is 0 Å². The Bertz CT molecular complexity index is 370. The van der Waals surface area contributed by atoms with Gasteiger partial charge in [-0.3, -0.25) is 0 Å². The molecule has 1 aliphatic heterocycles. The Labute approximate surface area is 95.8 Å². The molecule has 3 heteroatoms. The molecular weight excluding hydrogens is 202 g/mol. The fourth-order valence-electron chi connectivity index (χ4n) is 2.21. The quantitative estimate of drug-likeness (QED) is 0.775. The summed E-state index contributed by atoms with van der Waals surface area (Å²) in [6.07, 6.45) is 3.53. The Morgan fingerprint density at radius 3 is 2.88 bits per heavy atom. The van der Waals surface area contributed by atoms with E-state index >= 15 is 0 Å². The van der Waals surface area contributed by atoms with Crippen LogP contribution in [0.25, 0.3) is 0 Å². The second kappa shape index (κ2) is 5.12. The van der Waals surface area contributed by atoms with Crippen LogP contribution in [0.4, 0.5) is 0 Å². The van der Waals surface area contributed by atoms with Gasteiger partial charge in [-0.25, -0.2) is 4.79 Å². The summed E-state index contributed by atoms with van der Waals surface area (Å²) in [5.41, 5.74) is 1.75. The Balaban J connectivity index is 2.28. The van der Waals surface area contributed by atoms with E-state index in [1.807, 2.05) is 24.3 Å². The zero-order chi connectivity index (χ0) is 11.4. The summed E-state index contributed by atoms with van der Waals surface area (Å²) >= 11 is 0. The van der Waals surface area contributed by atoms with Gasteiger partial charge in [0.15, 0.2) is 0 Å². The number of ether oxygens (including phenoxy) is 1. The van der Waals surface area contributed by atoms with Crippen LogP contribution in [0.1, 0.15) is 41.2 Å². The van der Waals surface area contributed by atoms with Crippen molar-refractivity contribution in [3.8, 4) is 0 Å². The number of carbonyl (C=O) groups is 1. The average molecular weight is 219 g/mol. The molecule has 0 spiro atoms. The Hall–Kier alpha value is -1.35. The second-order valence-corrected chi connectivity index (χ2v) is 4.08. The molecule has 0 aliphatic carbocycles. The molecule has 0 amide bonds. The molecule has 0 unspecified atom stereocenters. The van der Waals surface area contributed by atoms with Gasteiger partial charge in [0.2, 0.25) is 0 Å². The van der Waals surface area contributed by atoms with E-state index in [2.05, 4.69) is 5.32 Å². The van der Waals surface area contributed by atoms with Gasteiger partial charge in [0.1, 0.15) is 0 Å². The maximum Gasteiger partial charge on any atom is 0.338 e. The summed E-state index contributed by atoms with van der Waals surface area (Å²) in [5.74, 6) is -0.247. The third kappa shape index (κ3) is 2.25. The number of esters is 1. The van der Waals surface area contributed by atoms with Gasteiger partial charge in [0.05, 0.1) is 12.7 Å². The minimum Gasteiger partial charge on any atom is -0.465 e. The zero-order valence-electron chi connectivity index (χ0n) is 9.53. The largest absolute Gasteiger partial charge is 0.465 e. The lowest BCUT2D eigenvalue weighted by Crippen LogP contribution is -2.28. The standard InChI is InChI=1S/C13H17NO2/c1-16-13(15)11-7-3-2-6-10(11)12-8-4-5-9-14-12/h2-3,6-7,12,14H,4-5,8-9H2,1H3/t12-/m1/s1. The van der Waals surface area contributed by atoms with Gasteiger partial charge in [-0.2, -0.15) is 0 Å². The van der Waals surface area contributed by atoms with E-state index in [1.54, 1.807) is 0 Å². The molecule has 3 nitrogen and oxygen atoms in total. The number of methoxy groups -OCH3 is 1. The first-order valence-corrected chi connectivity index (χ1v) is 5.73. The predicted molar refractivity (Wildman–Crippen MR) is 62.4 cm³/mol. The molecule has 0 aromatic heterocycles. The number of hydrogen-bond donors (Lipinski definition) is 1. The van der Waals surface area contributed by atoms with Crippen LogP contribution in [0.15, 0.2) is 24.3 Å². The van der Waals surface area contributed by atoms with Crippen molar-refractivity contribution in [2.24, 2.45) is 0 Å². The molecule has 86 valence electrons. The average Bonchev–Trinajstić information content (AvgIpc) is 2.39.